The van der Waals surface area contributed by atoms with Crippen LogP contribution in [0.15, 0.2) is 6.33 Å². The van der Waals surface area contributed by atoms with Gasteiger partial charge in [-0.3, -0.25) is 0 Å². The van der Waals surface area contributed by atoms with Crippen molar-refractivity contribution in [3.63, 3.8) is 0 Å². The minimum Gasteiger partial charge on any atom is -0.385 e. The third-order valence-corrected chi connectivity index (χ3v) is 2.69. The minimum absolute atomic E-state index is 0.0563. The number of aliphatic hydroxyl groups excluding tert-OH is 1. The van der Waals surface area contributed by atoms with E-state index in [0.717, 1.165) is 12.8 Å². The van der Waals surface area contributed by atoms with Crippen LogP contribution in [-0.4, -0.2) is 19.9 Å². The van der Waals surface area contributed by atoms with E-state index in [0.29, 0.717) is 5.82 Å². The van der Waals surface area contributed by atoms with Crippen LogP contribution in [0.4, 0.5) is 0 Å². The summed E-state index contributed by atoms with van der Waals surface area (Å²) in [6.07, 6.45) is 3.33. The molecule has 66 valence electrons. The number of rotatable bonds is 2. The summed E-state index contributed by atoms with van der Waals surface area (Å²) in [6.45, 7) is 2.08. The molecule has 0 radical (unpaired) electrons. The van der Waals surface area contributed by atoms with Crippen LogP contribution in [0.3, 0.4) is 0 Å². The molecule has 0 amide bonds. The highest BCUT2D eigenvalue weighted by molar-refractivity contribution is 5.04. The Hall–Kier alpha value is -0.900. The summed E-state index contributed by atoms with van der Waals surface area (Å²) in [6, 6.07) is 0. The molecule has 0 saturated heterocycles. The molecule has 4 heteroatoms. The van der Waals surface area contributed by atoms with Gasteiger partial charge in [0.1, 0.15) is 12.4 Å². The minimum atomic E-state index is -0.454. The molecular formula is C8H13N3O. The van der Waals surface area contributed by atoms with Crippen LogP contribution >= 0.6 is 0 Å². The maximum Gasteiger partial charge on any atom is 0.162 e. The molecule has 1 heterocycles. The van der Waals surface area contributed by atoms with Crippen LogP contribution in [0.1, 0.15) is 31.7 Å². The van der Waals surface area contributed by atoms with Gasteiger partial charge in [0.15, 0.2) is 5.82 Å². The fourth-order valence-corrected chi connectivity index (χ4v) is 1.32. The second-order valence-electron chi connectivity index (χ2n) is 3.86. The molecule has 1 atom stereocenters. The van der Waals surface area contributed by atoms with E-state index in [-0.39, 0.29) is 5.41 Å². The van der Waals surface area contributed by atoms with Crippen molar-refractivity contribution in [2.75, 3.05) is 0 Å². The van der Waals surface area contributed by atoms with Crippen LogP contribution < -0.4 is 0 Å². The topological polar surface area (TPSA) is 50.9 Å². The van der Waals surface area contributed by atoms with E-state index >= 15 is 0 Å². The fourth-order valence-electron chi connectivity index (χ4n) is 1.32. The lowest BCUT2D eigenvalue weighted by molar-refractivity contribution is 0.0917. The number of aryl methyl sites for hydroxylation is 1. The number of nitrogens with zero attached hydrogens (tertiary/aromatic N) is 3. The second kappa shape index (κ2) is 2.29. The molecule has 1 saturated carbocycles. The molecule has 1 aromatic rings. The van der Waals surface area contributed by atoms with Crippen molar-refractivity contribution in [1.29, 1.82) is 0 Å². The lowest BCUT2D eigenvalue weighted by Crippen LogP contribution is -2.14. The zero-order chi connectivity index (χ0) is 8.77. The molecule has 1 N–H and O–H groups in total. The molecule has 12 heavy (non-hydrogen) atoms. The van der Waals surface area contributed by atoms with E-state index in [1.54, 1.807) is 10.9 Å². The number of aromatic nitrogens is 3. The van der Waals surface area contributed by atoms with Gasteiger partial charge in [-0.05, 0) is 12.8 Å². The van der Waals surface area contributed by atoms with Gasteiger partial charge in [-0.2, -0.15) is 0 Å². The first-order valence-corrected chi connectivity index (χ1v) is 4.15. The van der Waals surface area contributed by atoms with Crippen LogP contribution in [-0.2, 0) is 7.05 Å². The molecule has 1 unspecified atom stereocenters. The van der Waals surface area contributed by atoms with Gasteiger partial charge in [0.05, 0.1) is 0 Å². The zero-order valence-electron chi connectivity index (χ0n) is 7.36. The highest BCUT2D eigenvalue weighted by atomic mass is 16.3. The van der Waals surface area contributed by atoms with Crippen LogP contribution in [0.5, 0.6) is 0 Å². The Bertz CT molecular complexity index is 290. The van der Waals surface area contributed by atoms with Gasteiger partial charge >= 0.3 is 0 Å². The van der Waals surface area contributed by atoms with E-state index in [1.165, 1.54) is 0 Å². The first kappa shape index (κ1) is 7.73. The summed E-state index contributed by atoms with van der Waals surface area (Å²) in [5.41, 5.74) is 0.0563. The smallest absolute Gasteiger partial charge is 0.162 e. The summed E-state index contributed by atoms with van der Waals surface area (Å²) in [7, 11) is 1.85. The quantitative estimate of drug-likeness (QED) is 0.703. The van der Waals surface area contributed by atoms with Gasteiger partial charge in [-0.15, -0.1) is 10.2 Å². The van der Waals surface area contributed by atoms with Crippen LogP contribution in [0.2, 0.25) is 0 Å². The molecule has 1 aromatic heterocycles. The Morgan fingerprint density at radius 3 is 2.75 bits per heavy atom. The first-order valence-electron chi connectivity index (χ1n) is 4.15. The van der Waals surface area contributed by atoms with Gasteiger partial charge in [0.2, 0.25) is 0 Å². The Labute approximate surface area is 71.2 Å². The maximum absolute atomic E-state index is 9.87. The van der Waals surface area contributed by atoms with Crippen molar-refractivity contribution >= 4 is 0 Å². The van der Waals surface area contributed by atoms with Crippen molar-refractivity contribution in [2.45, 2.75) is 25.9 Å². The highest BCUT2D eigenvalue weighted by Gasteiger charge is 2.46. The molecule has 1 aliphatic rings. The normalized spacial score (nSPS) is 22.2. The number of hydrogen-bond donors (Lipinski definition) is 1. The predicted octanol–water partition coefficient (Wildman–Crippen LogP) is 0.649. The van der Waals surface area contributed by atoms with Crippen LogP contribution in [0.25, 0.3) is 0 Å². The van der Waals surface area contributed by atoms with E-state index in [1.807, 2.05) is 7.05 Å². The molecule has 0 spiro atoms. The Kier molecular flexibility index (Phi) is 1.48. The summed E-state index contributed by atoms with van der Waals surface area (Å²) >= 11 is 0. The van der Waals surface area contributed by atoms with Crippen molar-refractivity contribution in [3.05, 3.63) is 12.2 Å². The average Bonchev–Trinajstić information content (AvgIpc) is 2.63. The second-order valence-corrected chi connectivity index (χ2v) is 3.86. The fraction of sp³-hybridized carbons (Fsp3) is 0.750. The van der Waals surface area contributed by atoms with Crippen molar-refractivity contribution < 1.29 is 5.11 Å². The van der Waals surface area contributed by atoms with E-state index in [9.17, 15) is 5.11 Å². The van der Waals surface area contributed by atoms with E-state index < -0.39 is 6.10 Å². The molecule has 2 rings (SSSR count). The van der Waals surface area contributed by atoms with Gasteiger partial charge in [0.25, 0.3) is 0 Å². The standard InChI is InChI=1S/C8H13N3O/c1-8(3-4-8)6(12)7-10-9-5-11(7)2/h5-6,12H,3-4H2,1-2H3. The lowest BCUT2D eigenvalue weighted by Gasteiger charge is -2.15. The summed E-state index contributed by atoms with van der Waals surface area (Å²) in [4.78, 5) is 0. The molecule has 4 nitrogen and oxygen atoms in total. The predicted molar refractivity (Wildman–Crippen MR) is 43.3 cm³/mol. The molecular weight excluding hydrogens is 154 g/mol. The lowest BCUT2D eigenvalue weighted by atomic mass is 10.0. The van der Waals surface area contributed by atoms with Crippen molar-refractivity contribution in [3.8, 4) is 0 Å². The zero-order valence-corrected chi connectivity index (χ0v) is 7.36. The first-order chi connectivity index (χ1) is 5.63. The average molecular weight is 167 g/mol. The number of aliphatic hydroxyl groups is 1. The van der Waals surface area contributed by atoms with Gasteiger partial charge < -0.3 is 9.67 Å². The van der Waals surface area contributed by atoms with Crippen molar-refractivity contribution in [1.82, 2.24) is 14.8 Å². The van der Waals surface area contributed by atoms with Gasteiger partial charge in [0, 0.05) is 12.5 Å². The molecule has 1 fully saturated rings. The SMILES string of the molecule is Cn1cnnc1C(O)C1(C)CC1. The third-order valence-electron chi connectivity index (χ3n) is 2.69. The molecule has 0 bridgehead atoms. The van der Waals surface area contributed by atoms with E-state index in [4.69, 9.17) is 0 Å². The monoisotopic (exact) mass is 167 g/mol. The third kappa shape index (κ3) is 1.03. The Balaban J connectivity index is 2.25. The van der Waals surface area contributed by atoms with E-state index in [2.05, 4.69) is 17.1 Å². The van der Waals surface area contributed by atoms with Gasteiger partial charge in [-0.1, -0.05) is 6.92 Å². The maximum atomic E-state index is 9.87. The van der Waals surface area contributed by atoms with Crippen LogP contribution in [0, 0.1) is 5.41 Å². The summed E-state index contributed by atoms with van der Waals surface area (Å²) in [5.74, 6) is 0.676. The Morgan fingerprint density at radius 2 is 2.33 bits per heavy atom. The highest BCUT2D eigenvalue weighted by Crippen LogP contribution is 2.53. The molecule has 0 aliphatic heterocycles. The number of hydrogen-bond acceptors (Lipinski definition) is 3. The Morgan fingerprint density at radius 1 is 1.67 bits per heavy atom. The molecule has 0 aromatic carbocycles. The molecule has 1 aliphatic carbocycles. The van der Waals surface area contributed by atoms with Crippen molar-refractivity contribution in [2.24, 2.45) is 12.5 Å². The van der Waals surface area contributed by atoms with Gasteiger partial charge in [-0.25, -0.2) is 0 Å². The summed E-state index contributed by atoms with van der Waals surface area (Å²) < 4.78 is 1.77. The summed E-state index contributed by atoms with van der Waals surface area (Å²) in [5, 5.41) is 17.5. The largest absolute Gasteiger partial charge is 0.385 e.